The van der Waals surface area contributed by atoms with Crippen molar-refractivity contribution in [2.45, 2.75) is 46.6 Å². The number of amides is 2. The van der Waals surface area contributed by atoms with E-state index in [-0.39, 0.29) is 43.0 Å². The molecule has 1 rings (SSSR count). The van der Waals surface area contributed by atoms with E-state index in [0.29, 0.717) is 71.8 Å². The van der Waals surface area contributed by atoms with Crippen LogP contribution in [-0.4, -0.2) is 103 Å². The molecule has 0 spiro atoms. The summed E-state index contributed by atoms with van der Waals surface area (Å²) in [5.41, 5.74) is 1.78. The number of ether oxygens (including phenoxy) is 6. The predicted octanol–water partition coefficient (Wildman–Crippen LogP) is 2.79. The SMILES string of the molecule is COCCOCCOCCOCCOCCOCCC(=O)NC(C(=O)C[C@@H](C)C(=O)Nc1ccc(C)cc1)C(C)C. The third kappa shape index (κ3) is 18.6. The van der Waals surface area contributed by atoms with E-state index in [2.05, 4.69) is 10.6 Å². The summed E-state index contributed by atoms with van der Waals surface area (Å²) >= 11 is 0. The van der Waals surface area contributed by atoms with E-state index in [9.17, 15) is 14.4 Å². The van der Waals surface area contributed by atoms with Crippen LogP contribution in [0.1, 0.15) is 39.2 Å². The van der Waals surface area contributed by atoms with Gasteiger partial charge in [-0.05, 0) is 25.0 Å². The van der Waals surface area contributed by atoms with E-state index in [4.69, 9.17) is 28.4 Å². The average molecular weight is 583 g/mol. The van der Waals surface area contributed by atoms with Crippen LogP contribution in [0.4, 0.5) is 5.69 Å². The lowest BCUT2D eigenvalue weighted by Crippen LogP contribution is -2.45. The summed E-state index contributed by atoms with van der Waals surface area (Å²) in [6.07, 6.45) is 0.163. The summed E-state index contributed by atoms with van der Waals surface area (Å²) in [4.78, 5) is 37.9. The largest absolute Gasteiger partial charge is 0.382 e. The summed E-state index contributed by atoms with van der Waals surface area (Å²) in [5, 5.41) is 5.63. The zero-order valence-electron chi connectivity index (χ0n) is 25.4. The van der Waals surface area contributed by atoms with E-state index in [0.717, 1.165) is 5.56 Å². The van der Waals surface area contributed by atoms with Crippen molar-refractivity contribution in [1.29, 1.82) is 0 Å². The van der Waals surface area contributed by atoms with Gasteiger partial charge in [0.2, 0.25) is 11.8 Å². The Hall–Kier alpha value is -2.41. The number of nitrogens with one attached hydrogen (secondary N) is 2. The molecular formula is C30H50N2O9. The Labute approximate surface area is 244 Å². The molecule has 0 saturated carbocycles. The number of ketones is 1. The monoisotopic (exact) mass is 582 g/mol. The Morgan fingerprint density at radius 3 is 1.63 bits per heavy atom. The minimum Gasteiger partial charge on any atom is -0.382 e. The Morgan fingerprint density at radius 2 is 1.17 bits per heavy atom. The number of rotatable bonds is 25. The van der Waals surface area contributed by atoms with Crippen molar-refractivity contribution in [2.24, 2.45) is 11.8 Å². The van der Waals surface area contributed by atoms with Crippen LogP contribution in [0.5, 0.6) is 0 Å². The highest BCUT2D eigenvalue weighted by Gasteiger charge is 2.27. The van der Waals surface area contributed by atoms with Crippen LogP contribution in [0.3, 0.4) is 0 Å². The van der Waals surface area contributed by atoms with Gasteiger partial charge in [0, 0.05) is 31.6 Å². The molecule has 41 heavy (non-hydrogen) atoms. The standard InChI is InChI=1S/C30H50N2O9/c1-23(2)29(27(33)22-25(4)30(35)31-26-8-6-24(3)7-9-26)32-28(34)10-11-37-14-15-39-18-19-41-21-20-40-17-16-38-13-12-36-5/h6-9,23,25,29H,10-22H2,1-5H3,(H,31,35)(H,32,34)/t25-,29?/m1/s1. The molecule has 2 N–H and O–H groups in total. The van der Waals surface area contributed by atoms with Gasteiger partial charge in [-0.3, -0.25) is 14.4 Å². The fourth-order valence-electron chi connectivity index (χ4n) is 3.58. The molecule has 1 aromatic carbocycles. The van der Waals surface area contributed by atoms with Crippen LogP contribution in [0.25, 0.3) is 0 Å². The van der Waals surface area contributed by atoms with Gasteiger partial charge < -0.3 is 39.1 Å². The van der Waals surface area contributed by atoms with E-state index in [1.54, 1.807) is 14.0 Å². The van der Waals surface area contributed by atoms with Gasteiger partial charge in [-0.15, -0.1) is 0 Å². The van der Waals surface area contributed by atoms with Gasteiger partial charge in [0.1, 0.15) is 0 Å². The number of aryl methyl sites for hydroxylation is 1. The highest BCUT2D eigenvalue weighted by molar-refractivity contribution is 5.97. The molecule has 0 aliphatic heterocycles. The molecular weight excluding hydrogens is 532 g/mol. The third-order valence-corrected chi connectivity index (χ3v) is 6.00. The van der Waals surface area contributed by atoms with E-state index in [1.165, 1.54) is 0 Å². The molecule has 1 aromatic rings. The number of Topliss-reactive ketones (excluding diaryl/α,β-unsaturated/α-hetero) is 1. The molecule has 0 aliphatic carbocycles. The highest BCUT2D eigenvalue weighted by atomic mass is 16.6. The first-order valence-corrected chi connectivity index (χ1v) is 14.3. The van der Waals surface area contributed by atoms with Crippen LogP contribution >= 0.6 is 0 Å². The first-order chi connectivity index (χ1) is 19.7. The first-order valence-electron chi connectivity index (χ1n) is 14.3. The summed E-state index contributed by atoms with van der Waals surface area (Å²) in [5.74, 6) is -1.31. The maximum Gasteiger partial charge on any atom is 0.227 e. The van der Waals surface area contributed by atoms with Gasteiger partial charge in [0.05, 0.1) is 78.7 Å². The zero-order valence-corrected chi connectivity index (χ0v) is 25.4. The molecule has 234 valence electrons. The second-order valence-electron chi connectivity index (χ2n) is 10.0. The molecule has 0 bridgehead atoms. The molecule has 0 fully saturated rings. The zero-order chi connectivity index (χ0) is 30.3. The highest BCUT2D eigenvalue weighted by Crippen LogP contribution is 2.15. The Bertz CT molecular complexity index is 849. The summed E-state index contributed by atoms with van der Waals surface area (Å²) in [7, 11) is 1.63. The first kappa shape index (κ1) is 36.6. The number of anilines is 1. The third-order valence-electron chi connectivity index (χ3n) is 6.00. The minimum atomic E-state index is -0.667. The number of carbonyl (C=O) groups is 3. The summed E-state index contributed by atoms with van der Waals surface area (Å²) in [6.45, 7) is 12.4. The van der Waals surface area contributed by atoms with Crippen LogP contribution in [0, 0.1) is 18.8 Å². The number of benzene rings is 1. The Morgan fingerprint density at radius 1 is 0.707 bits per heavy atom. The summed E-state index contributed by atoms with van der Waals surface area (Å²) in [6, 6.07) is 6.80. The van der Waals surface area contributed by atoms with Crippen molar-refractivity contribution in [3.05, 3.63) is 29.8 Å². The maximum atomic E-state index is 12.9. The van der Waals surface area contributed by atoms with Crippen molar-refractivity contribution in [1.82, 2.24) is 5.32 Å². The van der Waals surface area contributed by atoms with Gasteiger partial charge in [-0.25, -0.2) is 0 Å². The topological polar surface area (TPSA) is 131 Å². The molecule has 0 radical (unpaired) electrons. The van der Waals surface area contributed by atoms with Crippen molar-refractivity contribution in [3.63, 3.8) is 0 Å². The lowest BCUT2D eigenvalue weighted by Gasteiger charge is -2.22. The van der Waals surface area contributed by atoms with Crippen molar-refractivity contribution >= 4 is 23.3 Å². The normalized spacial score (nSPS) is 12.7. The van der Waals surface area contributed by atoms with Gasteiger partial charge in [-0.1, -0.05) is 38.5 Å². The van der Waals surface area contributed by atoms with Crippen LogP contribution in [0.15, 0.2) is 24.3 Å². The molecule has 2 atom stereocenters. The quantitative estimate of drug-likeness (QED) is 0.167. The molecule has 0 aromatic heterocycles. The number of carbonyl (C=O) groups excluding carboxylic acids is 3. The summed E-state index contributed by atoms with van der Waals surface area (Å²) < 4.78 is 31.9. The number of methoxy groups -OCH3 is 1. The molecule has 1 unspecified atom stereocenters. The van der Waals surface area contributed by atoms with Gasteiger partial charge in [0.25, 0.3) is 0 Å². The molecule has 0 aliphatic rings. The Balaban J connectivity index is 2.11. The molecule has 2 amide bonds. The van der Waals surface area contributed by atoms with Crippen LogP contribution in [0.2, 0.25) is 0 Å². The number of hydrogen-bond donors (Lipinski definition) is 2. The fraction of sp³-hybridized carbons (Fsp3) is 0.700. The van der Waals surface area contributed by atoms with E-state index in [1.807, 2.05) is 45.0 Å². The average Bonchev–Trinajstić information content (AvgIpc) is 2.94. The Kier molecular flexibility index (Phi) is 20.7. The van der Waals surface area contributed by atoms with Crippen molar-refractivity contribution < 1.29 is 42.8 Å². The lowest BCUT2D eigenvalue weighted by molar-refractivity contribution is -0.131. The fourth-order valence-corrected chi connectivity index (χ4v) is 3.58. The smallest absolute Gasteiger partial charge is 0.227 e. The van der Waals surface area contributed by atoms with Crippen molar-refractivity contribution in [3.8, 4) is 0 Å². The molecule has 11 heteroatoms. The molecule has 11 nitrogen and oxygen atoms in total. The minimum absolute atomic E-state index is 0.0374. The molecule has 0 saturated heterocycles. The van der Waals surface area contributed by atoms with E-state index >= 15 is 0 Å². The van der Waals surface area contributed by atoms with Gasteiger partial charge in [-0.2, -0.15) is 0 Å². The van der Waals surface area contributed by atoms with Crippen LogP contribution in [-0.2, 0) is 42.8 Å². The van der Waals surface area contributed by atoms with E-state index < -0.39 is 12.0 Å². The molecule has 0 heterocycles. The van der Waals surface area contributed by atoms with Crippen LogP contribution < -0.4 is 10.6 Å². The second kappa shape index (κ2) is 23.2. The lowest BCUT2D eigenvalue weighted by atomic mass is 9.92. The van der Waals surface area contributed by atoms with Crippen molar-refractivity contribution in [2.75, 3.05) is 85.1 Å². The number of hydrogen-bond acceptors (Lipinski definition) is 9. The van der Waals surface area contributed by atoms with Gasteiger partial charge >= 0.3 is 0 Å². The maximum absolute atomic E-state index is 12.9. The van der Waals surface area contributed by atoms with Gasteiger partial charge in [0.15, 0.2) is 5.78 Å². The second-order valence-corrected chi connectivity index (χ2v) is 10.0. The predicted molar refractivity (Wildman–Crippen MR) is 156 cm³/mol.